The van der Waals surface area contributed by atoms with Crippen LogP contribution in [0.3, 0.4) is 0 Å². The van der Waals surface area contributed by atoms with Crippen LogP contribution >= 0.6 is 11.6 Å². The molecule has 0 aromatic heterocycles. The van der Waals surface area contributed by atoms with Crippen LogP contribution in [0.25, 0.3) is 0 Å². The van der Waals surface area contributed by atoms with Crippen LogP contribution in [0.15, 0.2) is 24.3 Å². The fourth-order valence-corrected chi connectivity index (χ4v) is 2.31. The van der Waals surface area contributed by atoms with Gasteiger partial charge < -0.3 is 9.47 Å². The molecule has 4 heteroatoms. The Hall–Kier alpha value is -0.900. The van der Waals surface area contributed by atoms with E-state index in [1.165, 1.54) is 0 Å². The Labute approximate surface area is 106 Å². The van der Waals surface area contributed by atoms with Crippen LogP contribution in [0.4, 0.5) is 0 Å². The second-order valence-corrected chi connectivity index (χ2v) is 4.59. The third kappa shape index (κ3) is 2.51. The number of hydrogen-bond donors (Lipinski definition) is 0. The highest BCUT2D eigenvalue weighted by Gasteiger charge is 2.40. The molecule has 1 aliphatic rings. The lowest BCUT2D eigenvalue weighted by molar-refractivity contribution is -0.0663. The maximum absolute atomic E-state index is 12.5. The first-order chi connectivity index (χ1) is 8.18. The number of ketones is 1. The maximum Gasteiger partial charge on any atom is 0.194 e. The number of Topliss-reactive ketones (excluding diaryl/α,β-unsaturated/α-hetero) is 1. The number of ether oxygens (including phenoxy) is 2. The number of carbonyl (C=O) groups is 1. The van der Waals surface area contributed by atoms with Gasteiger partial charge in [-0.2, -0.15) is 0 Å². The molecule has 1 fully saturated rings. The van der Waals surface area contributed by atoms with Gasteiger partial charge in [0.1, 0.15) is 5.60 Å². The van der Waals surface area contributed by atoms with Crippen molar-refractivity contribution in [2.24, 2.45) is 0 Å². The first kappa shape index (κ1) is 12.6. The van der Waals surface area contributed by atoms with Gasteiger partial charge in [-0.05, 0) is 12.1 Å². The molecule has 0 unspecified atom stereocenters. The molecule has 92 valence electrons. The van der Waals surface area contributed by atoms with Gasteiger partial charge in [0, 0.05) is 43.8 Å². The number of halogens is 1. The molecular weight excluding hydrogens is 240 g/mol. The maximum atomic E-state index is 12.5. The number of carbonyl (C=O) groups excluding carboxylic acids is 1. The molecule has 17 heavy (non-hydrogen) atoms. The van der Waals surface area contributed by atoms with Gasteiger partial charge in [-0.1, -0.05) is 23.7 Å². The fourth-order valence-electron chi connectivity index (χ4n) is 2.12. The molecule has 1 heterocycles. The zero-order valence-corrected chi connectivity index (χ0v) is 10.5. The second-order valence-electron chi connectivity index (χ2n) is 4.15. The minimum atomic E-state index is -0.747. The van der Waals surface area contributed by atoms with Crippen molar-refractivity contribution < 1.29 is 14.3 Å². The average Bonchev–Trinajstić information content (AvgIpc) is 2.38. The van der Waals surface area contributed by atoms with Crippen molar-refractivity contribution in [2.45, 2.75) is 18.4 Å². The summed E-state index contributed by atoms with van der Waals surface area (Å²) >= 11 is 5.90. The molecule has 0 N–H and O–H groups in total. The molecule has 0 bridgehead atoms. The zero-order chi connectivity index (χ0) is 12.3. The van der Waals surface area contributed by atoms with E-state index in [4.69, 9.17) is 21.1 Å². The normalized spacial score (nSPS) is 18.9. The summed E-state index contributed by atoms with van der Waals surface area (Å²) in [6.07, 6.45) is 1.18. The van der Waals surface area contributed by atoms with Crippen molar-refractivity contribution in [1.29, 1.82) is 0 Å². The Bertz CT molecular complexity index is 411. The molecule has 0 saturated carbocycles. The highest BCUT2D eigenvalue weighted by molar-refractivity contribution is 6.31. The smallest absolute Gasteiger partial charge is 0.194 e. The molecule has 0 radical (unpaired) electrons. The van der Waals surface area contributed by atoms with Crippen molar-refractivity contribution in [1.82, 2.24) is 0 Å². The van der Waals surface area contributed by atoms with Crippen LogP contribution in [0.1, 0.15) is 23.2 Å². The summed E-state index contributed by atoms with van der Waals surface area (Å²) in [5.74, 6) is -0.00852. The third-order valence-electron chi connectivity index (χ3n) is 3.19. The molecule has 0 atom stereocenters. The SMILES string of the molecule is COC1(C(=O)c2cccc(Cl)c2)CCOCC1. The molecule has 0 aliphatic carbocycles. The lowest BCUT2D eigenvalue weighted by Gasteiger charge is -2.34. The highest BCUT2D eigenvalue weighted by atomic mass is 35.5. The minimum Gasteiger partial charge on any atom is -0.381 e. The summed E-state index contributed by atoms with van der Waals surface area (Å²) in [7, 11) is 1.58. The molecule has 0 amide bonds. The summed E-state index contributed by atoms with van der Waals surface area (Å²) in [4.78, 5) is 12.5. The lowest BCUT2D eigenvalue weighted by atomic mass is 9.86. The summed E-state index contributed by atoms with van der Waals surface area (Å²) < 4.78 is 10.7. The van der Waals surface area contributed by atoms with Crippen LogP contribution in [0.5, 0.6) is 0 Å². The molecule has 3 nitrogen and oxygen atoms in total. The zero-order valence-electron chi connectivity index (χ0n) is 9.74. The number of rotatable bonds is 3. The van der Waals surface area contributed by atoms with E-state index in [1.807, 2.05) is 0 Å². The summed E-state index contributed by atoms with van der Waals surface area (Å²) in [5.41, 5.74) is -0.149. The molecule has 1 saturated heterocycles. The van der Waals surface area contributed by atoms with Gasteiger partial charge >= 0.3 is 0 Å². The Kier molecular flexibility index (Phi) is 3.82. The van der Waals surface area contributed by atoms with Gasteiger partial charge in [-0.15, -0.1) is 0 Å². The van der Waals surface area contributed by atoms with E-state index in [1.54, 1.807) is 31.4 Å². The van der Waals surface area contributed by atoms with Crippen molar-refractivity contribution in [3.8, 4) is 0 Å². The van der Waals surface area contributed by atoms with E-state index >= 15 is 0 Å². The monoisotopic (exact) mass is 254 g/mol. The van der Waals surface area contributed by atoms with Crippen molar-refractivity contribution in [2.75, 3.05) is 20.3 Å². The average molecular weight is 255 g/mol. The summed E-state index contributed by atoms with van der Waals surface area (Å²) in [6, 6.07) is 6.98. The van der Waals surface area contributed by atoms with Gasteiger partial charge in [-0.3, -0.25) is 4.79 Å². The van der Waals surface area contributed by atoms with Crippen LogP contribution in [-0.4, -0.2) is 31.7 Å². The molecule has 2 rings (SSSR count). The Morgan fingerprint density at radius 2 is 2.12 bits per heavy atom. The third-order valence-corrected chi connectivity index (χ3v) is 3.43. The van der Waals surface area contributed by atoms with Crippen LogP contribution in [0.2, 0.25) is 5.02 Å². The van der Waals surface area contributed by atoms with Gasteiger partial charge in [0.15, 0.2) is 5.78 Å². The molecule has 0 spiro atoms. The topological polar surface area (TPSA) is 35.5 Å². The minimum absolute atomic E-state index is 0.00852. The Balaban J connectivity index is 2.28. The van der Waals surface area contributed by atoms with Crippen molar-refractivity contribution in [3.63, 3.8) is 0 Å². The predicted molar refractivity (Wildman–Crippen MR) is 65.6 cm³/mol. The predicted octanol–water partition coefficient (Wildman–Crippen LogP) is 2.72. The van der Waals surface area contributed by atoms with Crippen LogP contribution in [0, 0.1) is 0 Å². The van der Waals surface area contributed by atoms with E-state index in [9.17, 15) is 4.79 Å². The van der Waals surface area contributed by atoms with Gasteiger partial charge in [0.25, 0.3) is 0 Å². The molecule has 1 aromatic rings. The quantitative estimate of drug-likeness (QED) is 0.778. The van der Waals surface area contributed by atoms with Crippen LogP contribution < -0.4 is 0 Å². The highest BCUT2D eigenvalue weighted by Crippen LogP contribution is 2.29. The van der Waals surface area contributed by atoms with Gasteiger partial charge in [-0.25, -0.2) is 0 Å². The van der Waals surface area contributed by atoms with E-state index in [0.717, 1.165) is 0 Å². The Morgan fingerprint density at radius 1 is 1.41 bits per heavy atom. The van der Waals surface area contributed by atoms with E-state index in [2.05, 4.69) is 0 Å². The lowest BCUT2D eigenvalue weighted by Crippen LogP contribution is -2.45. The summed E-state index contributed by atoms with van der Waals surface area (Å²) in [5, 5.41) is 0.564. The van der Waals surface area contributed by atoms with Gasteiger partial charge in [0.2, 0.25) is 0 Å². The summed E-state index contributed by atoms with van der Waals surface area (Å²) in [6.45, 7) is 1.11. The molecular formula is C13H15ClO3. The van der Waals surface area contributed by atoms with Crippen LogP contribution in [-0.2, 0) is 9.47 Å². The second kappa shape index (κ2) is 5.17. The first-order valence-corrected chi connectivity index (χ1v) is 5.99. The van der Waals surface area contributed by atoms with Crippen molar-refractivity contribution in [3.05, 3.63) is 34.9 Å². The number of methoxy groups -OCH3 is 1. The van der Waals surface area contributed by atoms with E-state index < -0.39 is 5.60 Å². The van der Waals surface area contributed by atoms with Crippen molar-refractivity contribution >= 4 is 17.4 Å². The fraction of sp³-hybridized carbons (Fsp3) is 0.462. The van der Waals surface area contributed by atoms with Gasteiger partial charge in [0.05, 0.1) is 0 Å². The Morgan fingerprint density at radius 3 is 2.71 bits per heavy atom. The first-order valence-electron chi connectivity index (χ1n) is 5.61. The molecule has 1 aliphatic heterocycles. The standard InChI is InChI=1S/C13H15ClO3/c1-16-13(5-7-17-8-6-13)12(15)10-3-2-4-11(14)9-10/h2-4,9H,5-8H2,1H3. The number of benzene rings is 1. The number of hydrogen-bond acceptors (Lipinski definition) is 3. The molecule has 1 aromatic carbocycles. The largest absolute Gasteiger partial charge is 0.381 e. The van der Waals surface area contributed by atoms with E-state index in [-0.39, 0.29) is 5.78 Å². The van der Waals surface area contributed by atoms with E-state index in [0.29, 0.717) is 36.6 Å².